The third-order valence-corrected chi connectivity index (χ3v) is 5.16. The van der Waals surface area contributed by atoms with Crippen molar-refractivity contribution in [3.63, 3.8) is 0 Å². The van der Waals surface area contributed by atoms with E-state index in [1.165, 1.54) is 23.1 Å². The number of carbonyl (C=O) groups is 2. The van der Waals surface area contributed by atoms with E-state index >= 15 is 0 Å². The molecule has 1 N–H and O–H groups in total. The summed E-state index contributed by atoms with van der Waals surface area (Å²) in [5.41, 5.74) is 2.53. The number of halogens is 2. The molecule has 1 heterocycles. The number of carbonyl (C=O) groups excluding carboxylic acids is 2. The molecule has 0 saturated carbocycles. The average Bonchev–Trinajstić information content (AvgIpc) is 2.82. The molecule has 0 bridgehead atoms. The Morgan fingerprint density at radius 1 is 1.12 bits per heavy atom. The second kappa shape index (κ2) is 7.12. The van der Waals surface area contributed by atoms with Crippen molar-refractivity contribution in [2.75, 3.05) is 0 Å². The number of aryl methyl sites for hydroxylation is 1. The number of thioether (sulfide) groups is 1. The average molecular weight is 394 g/mol. The van der Waals surface area contributed by atoms with E-state index in [0.29, 0.717) is 5.56 Å². The monoisotopic (exact) mass is 393 g/mol. The van der Waals surface area contributed by atoms with Crippen molar-refractivity contribution >= 4 is 52.2 Å². The first-order valence-electron chi connectivity index (χ1n) is 7.34. The number of rotatable bonds is 3. The SMILES string of the molecule is Cc1ccc(CN2C(=O)S/C(=C\c3cc(Cl)c(O)c(Cl)c3)C2=O)cc1. The summed E-state index contributed by atoms with van der Waals surface area (Å²) >= 11 is 12.6. The van der Waals surface area contributed by atoms with Gasteiger partial charge < -0.3 is 5.11 Å². The molecule has 0 atom stereocenters. The van der Waals surface area contributed by atoms with Gasteiger partial charge in [-0.1, -0.05) is 53.0 Å². The highest BCUT2D eigenvalue weighted by atomic mass is 35.5. The van der Waals surface area contributed by atoms with Crippen LogP contribution in [0.15, 0.2) is 41.3 Å². The minimum absolute atomic E-state index is 0.0811. The van der Waals surface area contributed by atoms with E-state index in [-0.39, 0.29) is 38.4 Å². The van der Waals surface area contributed by atoms with Crippen molar-refractivity contribution in [3.8, 4) is 5.75 Å². The standard InChI is InChI=1S/C18H13Cl2NO3S/c1-10-2-4-11(5-3-10)9-21-17(23)15(25-18(21)24)8-12-6-13(19)16(22)14(20)7-12/h2-8,22H,9H2,1H3/b15-8-. The summed E-state index contributed by atoms with van der Waals surface area (Å²) in [5.74, 6) is -0.580. The fourth-order valence-electron chi connectivity index (χ4n) is 2.33. The number of hydrogen-bond donors (Lipinski definition) is 1. The Morgan fingerprint density at radius 2 is 1.72 bits per heavy atom. The first kappa shape index (κ1) is 17.9. The topological polar surface area (TPSA) is 57.6 Å². The molecular formula is C18H13Cl2NO3S. The third-order valence-electron chi connectivity index (χ3n) is 3.67. The van der Waals surface area contributed by atoms with E-state index in [0.717, 1.165) is 22.9 Å². The second-order valence-electron chi connectivity index (χ2n) is 5.59. The molecule has 25 heavy (non-hydrogen) atoms. The molecule has 0 unspecified atom stereocenters. The van der Waals surface area contributed by atoms with E-state index in [9.17, 15) is 14.7 Å². The van der Waals surface area contributed by atoms with Gasteiger partial charge in [-0.15, -0.1) is 0 Å². The summed E-state index contributed by atoms with van der Waals surface area (Å²) in [6.07, 6.45) is 1.54. The quantitative estimate of drug-likeness (QED) is 0.723. The maximum atomic E-state index is 12.5. The Bertz CT molecular complexity index is 871. The fraction of sp³-hybridized carbons (Fsp3) is 0.111. The molecule has 0 spiro atoms. The summed E-state index contributed by atoms with van der Waals surface area (Å²) in [6.45, 7) is 2.19. The number of aromatic hydroxyl groups is 1. The van der Waals surface area contributed by atoms with E-state index in [1.807, 2.05) is 31.2 Å². The molecule has 2 aromatic carbocycles. The summed E-state index contributed by atoms with van der Waals surface area (Å²) in [6, 6.07) is 10.6. The highest BCUT2D eigenvalue weighted by Crippen LogP contribution is 2.37. The Kier molecular flexibility index (Phi) is 5.08. The first-order valence-corrected chi connectivity index (χ1v) is 8.91. The van der Waals surface area contributed by atoms with E-state index in [4.69, 9.17) is 23.2 Å². The summed E-state index contributed by atoms with van der Waals surface area (Å²) in [5, 5.41) is 9.43. The van der Waals surface area contributed by atoms with Gasteiger partial charge in [0.1, 0.15) is 0 Å². The second-order valence-corrected chi connectivity index (χ2v) is 7.39. The lowest BCUT2D eigenvalue weighted by molar-refractivity contribution is -0.123. The van der Waals surface area contributed by atoms with Crippen molar-refractivity contribution in [3.05, 3.63) is 68.0 Å². The van der Waals surface area contributed by atoms with Gasteiger partial charge in [0.05, 0.1) is 21.5 Å². The zero-order valence-corrected chi connectivity index (χ0v) is 15.5. The molecule has 0 aliphatic carbocycles. The normalized spacial score (nSPS) is 16.1. The first-order chi connectivity index (χ1) is 11.8. The van der Waals surface area contributed by atoms with Crippen molar-refractivity contribution in [2.45, 2.75) is 13.5 Å². The van der Waals surface area contributed by atoms with E-state index < -0.39 is 0 Å². The van der Waals surface area contributed by atoms with Crippen LogP contribution in [-0.2, 0) is 11.3 Å². The molecular weight excluding hydrogens is 381 g/mol. The van der Waals surface area contributed by atoms with Crippen LogP contribution < -0.4 is 0 Å². The summed E-state index contributed by atoms with van der Waals surface area (Å²) < 4.78 is 0. The molecule has 1 saturated heterocycles. The third kappa shape index (κ3) is 3.84. The van der Waals surface area contributed by atoms with Crippen LogP contribution in [0.2, 0.25) is 10.0 Å². The molecule has 0 radical (unpaired) electrons. The van der Waals surface area contributed by atoms with Crippen molar-refractivity contribution < 1.29 is 14.7 Å². The van der Waals surface area contributed by atoms with Crippen LogP contribution in [0, 0.1) is 6.92 Å². The van der Waals surface area contributed by atoms with E-state index in [1.54, 1.807) is 0 Å². The molecule has 1 aliphatic heterocycles. The maximum absolute atomic E-state index is 12.5. The molecule has 1 fully saturated rings. The minimum Gasteiger partial charge on any atom is -0.505 e. The lowest BCUT2D eigenvalue weighted by Gasteiger charge is -2.12. The molecule has 128 valence electrons. The van der Waals surface area contributed by atoms with E-state index in [2.05, 4.69) is 0 Å². The van der Waals surface area contributed by atoms with Crippen LogP contribution in [0.1, 0.15) is 16.7 Å². The van der Waals surface area contributed by atoms with Crippen LogP contribution >= 0.6 is 35.0 Å². The van der Waals surface area contributed by atoms with Crippen LogP contribution in [0.25, 0.3) is 6.08 Å². The maximum Gasteiger partial charge on any atom is 0.293 e. The highest BCUT2D eigenvalue weighted by molar-refractivity contribution is 8.18. The smallest absolute Gasteiger partial charge is 0.293 e. The van der Waals surface area contributed by atoms with Crippen LogP contribution in [0.4, 0.5) is 4.79 Å². The minimum atomic E-state index is -0.365. The Morgan fingerprint density at radius 3 is 2.32 bits per heavy atom. The number of imide groups is 1. The van der Waals surface area contributed by atoms with Crippen molar-refractivity contribution in [2.24, 2.45) is 0 Å². The van der Waals surface area contributed by atoms with Crippen LogP contribution in [-0.4, -0.2) is 21.2 Å². The molecule has 3 rings (SSSR count). The zero-order valence-electron chi connectivity index (χ0n) is 13.1. The molecule has 4 nitrogen and oxygen atoms in total. The molecule has 2 aromatic rings. The van der Waals surface area contributed by atoms with Crippen LogP contribution in [0.5, 0.6) is 5.75 Å². The van der Waals surface area contributed by atoms with Gasteiger partial charge in [0.15, 0.2) is 5.75 Å². The molecule has 1 aliphatic rings. The Hall–Kier alpha value is -1.95. The number of phenolic OH excluding ortho intramolecular Hbond substituents is 1. The van der Waals surface area contributed by atoms with Gasteiger partial charge >= 0.3 is 0 Å². The summed E-state index contributed by atoms with van der Waals surface area (Å²) in [4.78, 5) is 26.2. The predicted octanol–water partition coefficient (Wildman–Crippen LogP) is 5.24. The van der Waals surface area contributed by atoms with Gasteiger partial charge in [-0.3, -0.25) is 14.5 Å². The largest absolute Gasteiger partial charge is 0.505 e. The number of phenols is 1. The van der Waals surface area contributed by atoms with Gasteiger partial charge in [-0.05, 0) is 48.0 Å². The lowest BCUT2D eigenvalue weighted by Crippen LogP contribution is -2.27. The van der Waals surface area contributed by atoms with Gasteiger partial charge in [-0.25, -0.2) is 0 Å². The highest BCUT2D eigenvalue weighted by Gasteiger charge is 2.35. The molecule has 2 amide bonds. The van der Waals surface area contributed by atoms with Crippen molar-refractivity contribution in [1.82, 2.24) is 4.90 Å². The zero-order chi connectivity index (χ0) is 18.1. The number of nitrogens with zero attached hydrogens (tertiary/aromatic N) is 1. The van der Waals surface area contributed by atoms with Gasteiger partial charge in [-0.2, -0.15) is 0 Å². The predicted molar refractivity (Wildman–Crippen MR) is 101 cm³/mol. The number of amides is 2. The molecule has 0 aromatic heterocycles. The van der Waals surface area contributed by atoms with Gasteiger partial charge in [0, 0.05) is 0 Å². The van der Waals surface area contributed by atoms with Crippen molar-refractivity contribution in [1.29, 1.82) is 0 Å². The number of benzene rings is 2. The van der Waals surface area contributed by atoms with Gasteiger partial charge in [0.25, 0.3) is 11.1 Å². The molecule has 7 heteroatoms. The van der Waals surface area contributed by atoms with Gasteiger partial charge in [0.2, 0.25) is 0 Å². The summed E-state index contributed by atoms with van der Waals surface area (Å²) in [7, 11) is 0. The Balaban J connectivity index is 1.84. The Labute approximate surface area is 159 Å². The fourth-order valence-corrected chi connectivity index (χ4v) is 3.67. The lowest BCUT2D eigenvalue weighted by atomic mass is 10.1. The van der Waals surface area contributed by atoms with Crippen LogP contribution in [0.3, 0.4) is 0 Å². The number of hydrogen-bond acceptors (Lipinski definition) is 4.